The summed E-state index contributed by atoms with van der Waals surface area (Å²) < 4.78 is 1.71. The highest BCUT2D eigenvalue weighted by atomic mass is 16.2. The minimum atomic E-state index is 0.231. The van der Waals surface area contributed by atoms with Gasteiger partial charge in [0, 0.05) is 30.9 Å². The molecule has 6 heteroatoms. The van der Waals surface area contributed by atoms with Crippen molar-refractivity contribution in [2.75, 3.05) is 13.1 Å². The number of hydrogen-bond acceptors (Lipinski definition) is 4. The number of hydrogen-bond donors (Lipinski definition) is 0. The normalized spacial score (nSPS) is 15.3. The van der Waals surface area contributed by atoms with Crippen LogP contribution in [-0.4, -0.2) is 38.5 Å². The average molecular weight is 325 g/mol. The number of nitrogens with zero attached hydrogens (tertiary/aromatic N) is 5. The smallest absolute Gasteiger partial charge is 0.222 e. The Morgan fingerprint density at radius 2 is 1.96 bits per heavy atom. The van der Waals surface area contributed by atoms with Gasteiger partial charge in [0.2, 0.25) is 5.91 Å². The number of fused-ring (bicyclic) bond motifs is 1. The molecule has 0 bridgehead atoms. The Labute approximate surface area is 142 Å². The molecule has 1 aliphatic rings. The van der Waals surface area contributed by atoms with E-state index in [1.54, 1.807) is 10.7 Å². The molecular weight excluding hydrogens is 302 g/mol. The second kappa shape index (κ2) is 7.00. The van der Waals surface area contributed by atoms with Crippen LogP contribution in [0.25, 0.3) is 5.65 Å². The molecule has 126 valence electrons. The minimum absolute atomic E-state index is 0.231. The molecule has 2 aromatic heterocycles. The summed E-state index contributed by atoms with van der Waals surface area (Å²) in [4.78, 5) is 19.0. The number of carbonyl (C=O) groups is 1. The third-order valence-corrected chi connectivity index (χ3v) is 4.88. The average Bonchev–Trinajstić information content (AvgIpc) is 2.80. The number of amides is 1. The van der Waals surface area contributed by atoms with Crippen LogP contribution in [0.2, 0.25) is 0 Å². The van der Waals surface area contributed by atoms with Crippen LogP contribution in [-0.2, 0) is 11.2 Å². The van der Waals surface area contributed by atoms with Crippen LogP contribution in [0.5, 0.6) is 0 Å². The lowest BCUT2D eigenvalue weighted by atomic mass is 10.1. The van der Waals surface area contributed by atoms with Crippen molar-refractivity contribution in [3.05, 3.63) is 28.7 Å². The SMILES string of the molecule is Cc1nc2c(C#N)cnn2c(C)c1CCC(=O)N1CCCCCC1. The lowest BCUT2D eigenvalue weighted by Gasteiger charge is -2.20. The van der Waals surface area contributed by atoms with Crippen LogP contribution in [0, 0.1) is 25.2 Å². The summed E-state index contributed by atoms with van der Waals surface area (Å²) in [7, 11) is 0. The summed E-state index contributed by atoms with van der Waals surface area (Å²) in [6.45, 7) is 5.69. The number of rotatable bonds is 3. The number of likely N-dealkylation sites (tertiary alicyclic amines) is 1. The van der Waals surface area contributed by atoms with Gasteiger partial charge >= 0.3 is 0 Å². The van der Waals surface area contributed by atoms with Crippen molar-refractivity contribution in [1.29, 1.82) is 5.26 Å². The largest absolute Gasteiger partial charge is 0.343 e. The van der Waals surface area contributed by atoms with Gasteiger partial charge in [-0.15, -0.1) is 0 Å². The molecule has 1 fully saturated rings. The van der Waals surface area contributed by atoms with Gasteiger partial charge in [-0.1, -0.05) is 12.8 Å². The number of aryl methyl sites for hydroxylation is 2. The molecule has 3 heterocycles. The molecule has 2 aromatic rings. The Hall–Kier alpha value is -2.42. The lowest BCUT2D eigenvalue weighted by molar-refractivity contribution is -0.131. The van der Waals surface area contributed by atoms with Crippen molar-refractivity contribution in [1.82, 2.24) is 19.5 Å². The minimum Gasteiger partial charge on any atom is -0.343 e. The topological polar surface area (TPSA) is 74.3 Å². The zero-order valence-electron chi connectivity index (χ0n) is 14.4. The Bertz CT molecular complexity index is 794. The highest BCUT2D eigenvalue weighted by molar-refractivity contribution is 5.76. The van der Waals surface area contributed by atoms with E-state index in [9.17, 15) is 4.79 Å². The van der Waals surface area contributed by atoms with Gasteiger partial charge in [-0.25, -0.2) is 9.50 Å². The van der Waals surface area contributed by atoms with Crippen molar-refractivity contribution < 1.29 is 4.79 Å². The van der Waals surface area contributed by atoms with Crippen molar-refractivity contribution in [2.24, 2.45) is 0 Å². The van der Waals surface area contributed by atoms with E-state index < -0.39 is 0 Å². The van der Waals surface area contributed by atoms with Crippen molar-refractivity contribution in [2.45, 2.75) is 52.4 Å². The highest BCUT2D eigenvalue weighted by Crippen LogP contribution is 2.19. The van der Waals surface area contributed by atoms with Crippen LogP contribution in [0.1, 0.15) is 54.6 Å². The summed E-state index contributed by atoms with van der Waals surface area (Å²) in [5.74, 6) is 0.231. The monoisotopic (exact) mass is 325 g/mol. The summed E-state index contributed by atoms with van der Waals surface area (Å²) in [5, 5.41) is 13.4. The van der Waals surface area contributed by atoms with Crippen LogP contribution < -0.4 is 0 Å². The molecule has 0 aliphatic carbocycles. The van der Waals surface area contributed by atoms with Gasteiger partial charge < -0.3 is 4.90 Å². The first-order valence-corrected chi connectivity index (χ1v) is 8.63. The summed E-state index contributed by atoms with van der Waals surface area (Å²) in [5.41, 5.74) is 3.96. The van der Waals surface area contributed by atoms with Crippen molar-refractivity contribution in [3.63, 3.8) is 0 Å². The molecule has 3 rings (SSSR count). The Balaban J connectivity index is 1.77. The quantitative estimate of drug-likeness (QED) is 0.869. The molecular formula is C18H23N5O. The molecule has 6 nitrogen and oxygen atoms in total. The first-order chi connectivity index (χ1) is 11.6. The molecule has 0 radical (unpaired) electrons. The van der Waals surface area contributed by atoms with Crippen molar-refractivity contribution in [3.8, 4) is 6.07 Å². The van der Waals surface area contributed by atoms with E-state index in [2.05, 4.69) is 16.2 Å². The van der Waals surface area contributed by atoms with E-state index >= 15 is 0 Å². The van der Waals surface area contributed by atoms with E-state index in [4.69, 9.17) is 5.26 Å². The van der Waals surface area contributed by atoms with Crippen molar-refractivity contribution >= 4 is 11.6 Å². The van der Waals surface area contributed by atoms with E-state index in [0.29, 0.717) is 24.1 Å². The molecule has 0 aromatic carbocycles. The van der Waals surface area contributed by atoms with Gasteiger partial charge in [0.15, 0.2) is 5.65 Å². The van der Waals surface area contributed by atoms with E-state index in [1.165, 1.54) is 12.8 Å². The molecule has 0 N–H and O–H groups in total. The Morgan fingerprint density at radius 1 is 1.25 bits per heavy atom. The van der Waals surface area contributed by atoms with E-state index in [1.807, 2.05) is 18.7 Å². The zero-order valence-corrected chi connectivity index (χ0v) is 14.4. The van der Waals surface area contributed by atoms with Gasteiger partial charge in [-0.2, -0.15) is 10.4 Å². The number of nitriles is 1. The second-order valence-corrected chi connectivity index (χ2v) is 6.46. The summed E-state index contributed by atoms with van der Waals surface area (Å²) >= 11 is 0. The summed E-state index contributed by atoms with van der Waals surface area (Å²) in [6.07, 6.45) is 7.38. The highest BCUT2D eigenvalue weighted by Gasteiger charge is 2.18. The number of aromatic nitrogens is 3. The maximum atomic E-state index is 12.5. The first kappa shape index (κ1) is 16.4. The van der Waals surface area contributed by atoms with E-state index in [0.717, 1.165) is 42.9 Å². The molecule has 0 spiro atoms. The molecule has 0 atom stereocenters. The fraction of sp³-hybridized carbons (Fsp3) is 0.556. The second-order valence-electron chi connectivity index (χ2n) is 6.46. The third kappa shape index (κ3) is 3.12. The first-order valence-electron chi connectivity index (χ1n) is 8.63. The zero-order chi connectivity index (χ0) is 17.1. The van der Waals surface area contributed by atoms with Gasteiger partial charge in [-0.05, 0) is 38.7 Å². The molecule has 1 aliphatic heterocycles. The van der Waals surface area contributed by atoms with Gasteiger partial charge in [0.1, 0.15) is 11.6 Å². The van der Waals surface area contributed by atoms with Crippen LogP contribution >= 0.6 is 0 Å². The molecule has 24 heavy (non-hydrogen) atoms. The Morgan fingerprint density at radius 3 is 2.62 bits per heavy atom. The fourth-order valence-electron chi connectivity index (χ4n) is 3.46. The predicted octanol–water partition coefficient (Wildman–Crippen LogP) is 2.55. The Kier molecular flexibility index (Phi) is 4.79. The maximum absolute atomic E-state index is 12.5. The number of carbonyl (C=O) groups excluding carboxylic acids is 1. The van der Waals surface area contributed by atoms with Gasteiger partial charge in [0.05, 0.1) is 6.20 Å². The third-order valence-electron chi connectivity index (χ3n) is 4.88. The predicted molar refractivity (Wildman–Crippen MR) is 90.5 cm³/mol. The lowest BCUT2D eigenvalue weighted by Crippen LogP contribution is -2.32. The van der Waals surface area contributed by atoms with Crippen LogP contribution in [0.4, 0.5) is 0 Å². The van der Waals surface area contributed by atoms with Gasteiger partial charge in [-0.3, -0.25) is 4.79 Å². The molecule has 1 saturated heterocycles. The maximum Gasteiger partial charge on any atom is 0.222 e. The fourth-order valence-corrected chi connectivity index (χ4v) is 3.46. The van der Waals surface area contributed by atoms with Crippen LogP contribution in [0.15, 0.2) is 6.20 Å². The van der Waals surface area contributed by atoms with E-state index in [-0.39, 0.29) is 5.91 Å². The molecule has 1 amide bonds. The molecule has 0 unspecified atom stereocenters. The van der Waals surface area contributed by atoms with Crippen LogP contribution in [0.3, 0.4) is 0 Å². The summed E-state index contributed by atoms with van der Waals surface area (Å²) in [6, 6.07) is 2.12. The van der Waals surface area contributed by atoms with Gasteiger partial charge in [0.25, 0.3) is 0 Å². The molecule has 0 saturated carbocycles. The standard InChI is InChI=1S/C18H23N5O/c1-13-16(7-8-17(24)22-9-5-3-4-6-10-22)14(2)23-18(21-13)15(11-19)12-20-23/h12H,3-10H2,1-2H3.